The lowest BCUT2D eigenvalue weighted by Gasteiger charge is -2.26. The van der Waals surface area contributed by atoms with Crippen molar-refractivity contribution in [1.82, 2.24) is 4.72 Å². The fourth-order valence-corrected chi connectivity index (χ4v) is 3.57. The second-order valence-electron chi connectivity index (χ2n) is 5.43. The maximum absolute atomic E-state index is 12.8. The third-order valence-corrected chi connectivity index (χ3v) is 5.26. The van der Waals surface area contributed by atoms with E-state index >= 15 is 0 Å². The summed E-state index contributed by atoms with van der Waals surface area (Å²) < 4.78 is 39.4. The van der Waals surface area contributed by atoms with Crippen molar-refractivity contribution < 1.29 is 12.8 Å². The molecule has 1 N–H and O–H groups in total. The quantitative estimate of drug-likeness (QED) is 0.924. The van der Waals surface area contributed by atoms with Crippen LogP contribution in [0.1, 0.15) is 32.6 Å². The van der Waals surface area contributed by atoms with Gasteiger partial charge in [-0.3, -0.25) is 0 Å². The van der Waals surface area contributed by atoms with Gasteiger partial charge in [-0.25, -0.2) is 17.5 Å². The highest BCUT2D eigenvalue weighted by Gasteiger charge is 2.21. The van der Waals surface area contributed by atoms with Gasteiger partial charge < -0.3 is 0 Å². The topological polar surface area (TPSA) is 46.2 Å². The predicted molar refractivity (Wildman–Crippen MR) is 72.7 cm³/mol. The molecular weight excluding hydrogens is 265 g/mol. The van der Waals surface area contributed by atoms with E-state index in [0.717, 1.165) is 30.9 Å². The number of hydrogen-bond donors (Lipinski definition) is 1. The molecule has 0 heterocycles. The first-order valence-corrected chi connectivity index (χ1v) is 8.21. The van der Waals surface area contributed by atoms with E-state index in [0.29, 0.717) is 12.5 Å². The van der Waals surface area contributed by atoms with Crippen LogP contribution in [0.3, 0.4) is 0 Å². The van der Waals surface area contributed by atoms with Crippen LogP contribution in [0.2, 0.25) is 0 Å². The summed E-state index contributed by atoms with van der Waals surface area (Å²) in [5.74, 6) is 0.747. The number of nitrogens with one attached hydrogen (secondary N) is 1. The lowest BCUT2D eigenvalue weighted by molar-refractivity contribution is 0.290. The first-order chi connectivity index (χ1) is 8.97. The number of sulfonamides is 1. The van der Waals surface area contributed by atoms with Crippen LogP contribution >= 0.6 is 0 Å². The van der Waals surface area contributed by atoms with Crippen LogP contribution in [-0.4, -0.2) is 15.0 Å². The molecule has 0 amide bonds. The minimum Gasteiger partial charge on any atom is -0.211 e. The third kappa shape index (κ3) is 4.01. The molecule has 0 spiro atoms. The fourth-order valence-electron chi connectivity index (χ4n) is 2.46. The van der Waals surface area contributed by atoms with E-state index in [-0.39, 0.29) is 4.90 Å². The summed E-state index contributed by atoms with van der Waals surface area (Å²) in [7, 11) is -3.51. The monoisotopic (exact) mass is 285 g/mol. The molecule has 1 fully saturated rings. The van der Waals surface area contributed by atoms with Crippen LogP contribution in [0.4, 0.5) is 4.39 Å². The Morgan fingerprint density at radius 3 is 2.32 bits per heavy atom. The molecule has 1 aromatic carbocycles. The summed E-state index contributed by atoms with van der Waals surface area (Å²) in [6, 6.07) is 4.91. The van der Waals surface area contributed by atoms with Crippen molar-refractivity contribution in [3.05, 3.63) is 30.1 Å². The summed E-state index contributed by atoms with van der Waals surface area (Å²) in [6.07, 6.45) is 4.49. The average Bonchev–Trinajstić information content (AvgIpc) is 2.39. The third-order valence-electron chi connectivity index (χ3n) is 3.82. The number of benzene rings is 1. The molecule has 0 radical (unpaired) electrons. The highest BCUT2D eigenvalue weighted by atomic mass is 32.2. The Labute approximate surface area is 114 Å². The SMILES string of the molecule is CC1CCC(CNS(=O)(=O)c2ccc(F)cc2)CC1. The van der Waals surface area contributed by atoms with Gasteiger partial charge in [0.2, 0.25) is 10.0 Å². The molecule has 1 aliphatic carbocycles. The van der Waals surface area contributed by atoms with Crippen molar-refractivity contribution in [2.24, 2.45) is 11.8 Å². The maximum Gasteiger partial charge on any atom is 0.240 e. The van der Waals surface area contributed by atoms with Crippen LogP contribution < -0.4 is 4.72 Å². The van der Waals surface area contributed by atoms with E-state index in [2.05, 4.69) is 11.6 Å². The van der Waals surface area contributed by atoms with Crippen molar-refractivity contribution in [1.29, 1.82) is 0 Å². The Bertz CT molecular complexity index is 505. The first kappa shape index (κ1) is 14.5. The highest BCUT2D eigenvalue weighted by molar-refractivity contribution is 7.89. The molecule has 1 aliphatic rings. The van der Waals surface area contributed by atoms with Crippen LogP contribution in [0.25, 0.3) is 0 Å². The number of rotatable bonds is 4. The molecule has 1 aromatic rings. The minimum absolute atomic E-state index is 0.123. The smallest absolute Gasteiger partial charge is 0.211 e. The molecule has 5 heteroatoms. The second kappa shape index (κ2) is 6.01. The summed E-state index contributed by atoms with van der Waals surface area (Å²) in [6.45, 7) is 2.71. The molecule has 0 atom stereocenters. The van der Waals surface area contributed by atoms with Gasteiger partial charge in [-0.1, -0.05) is 19.8 Å². The van der Waals surface area contributed by atoms with Gasteiger partial charge in [0.05, 0.1) is 4.90 Å². The van der Waals surface area contributed by atoms with Crippen molar-refractivity contribution >= 4 is 10.0 Å². The standard InChI is InChI=1S/C14H20FNO2S/c1-11-2-4-12(5-3-11)10-16-19(17,18)14-8-6-13(15)7-9-14/h6-9,11-12,16H,2-5,10H2,1H3. The van der Waals surface area contributed by atoms with Crippen LogP contribution in [0, 0.1) is 17.7 Å². The fraction of sp³-hybridized carbons (Fsp3) is 0.571. The van der Waals surface area contributed by atoms with Gasteiger partial charge in [-0.05, 0) is 48.9 Å². The Balaban J connectivity index is 1.92. The van der Waals surface area contributed by atoms with Crippen LogP contribution in [0.5, 0.6) is 0 Å². The molecule has 106 valence electrons. The van der Waals surface area contributed by atoms with Gasteiger partial charge >= 0.3 is 0 Å². The Hall–Kier alpha value is -0.940. The molecule has 0 aromatic heterocycles. The van der Waals surface area contributed by atoms with Gasteiger partial charge in [-0.2, -0.15) is 0 Å². The van der Waals surface area contributed by atoms with Crippen molar-refractivity contribution in [2.45, 2.75) is 37.5 Å². The van der Waals surface area contributed by atoms with Crippen molar-refractivity contribution in [3.63, 3.8) is 0 Å². The van der Waals surface area contributed by atoms with Gasteiger partial charge in [0, 0.05) is 6.54 Å². The number of hydrogen-bond acceptors (Lipinski definition) is 2. The van der Waals surface area contributed by atoms with Crippen LogP contribution in [0.15, 0.2) is 29.2 Å². The van der Waals surface area contributed by atoms with Gasteiger partial charge in [0.15, 0.2) is 0 Å². The zero-order valence-electron chi connectivity index (χ0n) is 11.1. The van der Waals surface area contributed by atoms with E-state index in [1.807, 2.05) is 0 Å². The number of halogens is 1. The lowest BCUT2D eigenvalue weighted by atomic mass is 9.83. The molecular formula is C14H20FNO2S. The van der Waals surface area contributed by atoms with Crippen molar-refractivity contribution in [3.8, 4) is 0 Å². The Morgan fingerprint density at radius 2 is 1.74 bits per heavy atom. The van der Waals surface area contributed by atoms with E-state index in [9.17, 15) is 12.8 Å². The van der Waals surface area contributed by atoms with E-state index < -0.39 is 15.8 Å². The molecule has 0 bridgehead atoms. The van der Waals surface area contributed by atoms with E-state index in [1.165, 1.54) is 25.0 Å². The lowest BCUT2D eigenvalue weighted by Crippen LogP contribution is -2.31. The van der Waals surface area contributed by atoms with Gasteiger partial charge in [0.1, 0.15) is 5.82 Å². The normalized spacial score (nSPS) is 24.3. The summed E-state index contributed by atoms with van der Waals surface area (Å²) in [5, 5.41) is 0. The predicted octanol–water partition coefficient (Wildman–Crippen LogP) is 2.93. The zero-order chi connectivity index (χ0) is 13.9. The highest BCUT2D eigenvalue weighted by Crippen LogP contribution is 2.27. The zero-order valence-corrected chi connectivity index (χ0v) is 11.9. The van der Waals surface area contributed by atoms with Gasteiger partial charge in [0.25, 0.3) is 0 Å². The van der Waals surface area contributed by atoms with Crippen LogP contribution in [-0.2, 0) is 10.0 Å². The second-order valence-corrected chi connectivity index (χ2v) is 7.20. The molecule has 3 nitrogen and oxygen atoms in total. The molecule has 2 rings (SSSR count). The summed E-state index contributed by atoms with van der Waals surface area (Å²) in [4.78, 5) is 0.123. The summed E-state index contributed by atoms with van der Waals surface area (Å²) >= 11 is 0. The molecule has 0 aliphatic heterocycles. The Morgan fingerprint density at radius 1 is 1.16 bits per heavy atom. The van der Waals surface area contributed by atoms with Gasteiger partial charge in [-0.15, -0.1) is 0 Å². The van der Waals surface area contributed by atoms with E-state index in [4.69, 9.17) is 0 Å². The summed E-state index contributed by atoms with van der Waals surface area (Å²) in [5.41, 5.74) is 0. The molecule has 0 saturated heterocycles. The minimum atomic E-state index is -3.51. The van der Waals surface area contributed by atoms with E-state index in [1.54, 1.807) is 0 Å². The largest absolute Gasteiger partial charge is 0.240 e. The maximum atomic E-state index is 12.8. The first-order valence-electron chi connectivity index (χ1n) is 6.72. The Kier molecular flexibility index (Phi) is 4.58. The van der Waals surface area contributed by atoms with Crippen molar-refractivity contribution in [2.75, 3.05) is 6.54 Å². The molecule has 1 saturated carbocycles. The molecule has 0 unspecified atom stereocenters. The average molecular weight is 285 g/mol. The molecule has 19 heavy (non-hydrogen) atoms.